The molecule has 2 N–H and O–H groups in total. The predicted octanol–water partition coefficient (Wildman–Crippen LogP) is 1.93. The lowest BCUT2D eigenvalue weighted by molar-refractivity contribution is 1.04. The van der Waals surface area contributed by atoms with E-state index in [0.717, 1.165) is 9.13 Å². The van der Waals surface area contributed by atoms with Crippen LogP contribution < -0.4 is 5.73 Å². The maximum atomic E-state index is 8.68. The van der Waals surface area contributed by atoms with E-state index >= 15 is 0 Å². The SMILES string of the molecule is Cc1c(I)cc(C#N)cc1CN. The number of nitrogens with zero attached hydrogens (tertiary/aromatic N) is 1. The van der Waals surface area contributed by atoms with Gasteiger partial charge in [-0.3, -0.25) is 0 Å². The second-order valence-corrected chi connectivity index (χ2v) is 3.72. The Kier molecular flexibility index (Phi) is 3.06. The van der Waals surface area contributed by atoms with Gasteiger partial charge in [0.15, 0.2) is 0 Å². The van der Waals surface area contributed by atoms with Crippen molar-refractivity contribution in [2.24, 2.45) is 5.73 Å². The minimum absolute atomic E-state index is 0.497. The Morgan fingerprint density at radius 1 is 1.58 bits per heavy atom. The minimum atomic E-state index is 0.497. The van der Waals surface area contributed by atoms with Gasteiger partial charge < -0.3 is 5.73 Å². The number of rotatable bonds is 1. The van der Waals surface area contributed by atoms with Crippen molar-refractivity contribution in [2.45, 2.75) is 13.5 Å². The average Bonchev–Trinajstić information content (AvgIpc) is 2.09. The maximum Gasteiger partial charge on any atom is 0.0992 e. The summed E-state index contributed by atoms with van der Waals surface area (Å²) in [6.45, 7) is 2.52. The molecule has 0 saturated heterocycles. The van der Waals surface area contributed by atoms with Crippen molar-refractivity contribution >= 4 is 22.6 Å². The van der Waals surface area contributed by atoms with Crippen molar-refractivity contribution in [2.75, 3.05) is 0 Å². The first-order chi connectivity index (χ1) is 5.69. The van der Waals surface area contributed by atoms with Crippen LogP contribution in [0.15, 0.2) is 12.1 Å². The van der Waals surface area contributed by atoms with E-state index in [1.165, 1.54) is 5.56 Å². The van der Waals surface area contributed by atoms with Gasteiger partial charge in [0.25, 0.3) is 0 Å². The molecule has 0 radical (unpaired) electrons. The summed E-state index contributed by atoms with van der Waals surface area (Å²) in [4.78, 5) is 0. The van der Waals surface area contributed by atoms with Gasteiger partial charge in [0.05, 0.1) is 11.6 Å². The first kappa shape index (κ1) is 9.49. The summed E-state index contributed by atoms with van der Waals surface area (Å²) < 4.78 is 1.10. The van der Waals surface area contributed by atoms with E-state index in [1.807, 2.05) is 19.1 Å². The standard InChI is InChI=1S/C9H9IN2/c1-6-8(5-12)2-7(4-11)3-9(6)10/h2-3H,5,12H2,1H3. The van der Waals surface area contributed by atoms with Gasteiger partial charge in [-0.1, -0.05) is 0 Å². The Morgan fingerprint density at radius 2 is 2.25 bits per heavy atom. The molecular weight excluding hydrogens is 263 g/mol. The number of halogens is 1. The molecule has 0 heterocycles. The largest absolute Gasteiger partial charge is 0.326 e. The molecule has 0 fully saturated rings. The van der Waals surface area contributed by atoms with Crippen molar-refractivity contribution in [3.05, 3.63) is 32.4 Å². The molecule has 0 spiro atoms. The Labute approximate surface area is 85.5 Å². The number of nitrogens with two attached hydrogens (primary N) is 1. The van der Waals surface area contributed by atoms with Crippen molar-refractivity contribution in [1.82, 2.24) is 0 Å². The first-order valence-electron chi connectivity index (χ1n) is 3.58. The zero-order valence-electron chi connectivity index (χ0n) is 6.76. The molecule has 0 aliphatic rings. The molecule has 1 aromatic rings. The first-order valence-corrected chi connectivity index (χ1v) is 4.66. The normalized spacial score (nSPS) is 9.50. The molecule has 1 aromatic carbocycles. The number of hydrogen-bond donors (Lipinski definition) is 1. The molecular formula is C9H9IN2. The van der Waals surface area contributed by atoms with E-state index in [1.54, 1.807) is 0 Å². The van der Waals surface area contributed by atoms with Gasteiger partial charge in [-0.25, -0.2) is 0 Å². The second-order valence-electron chi connectivity index (χ2n) is 2.56. The third-order valence-corrected chi connectivity index (χ3v) is 2.92. The van der Waals surface area contributed by atoms with E-state index in [0.29, 0.717) is 12.1 Å². The molecule has 12 heavy (non-hydrogen) atoms. The Bertz CT molecular complexity index is 339. The van der Waals surface area contributed by atoms with Crippen molar-refractivity contribution < 1.29 is 0 Å². The van der Waals surface area contributed by atoms with Crippen molar-refractivity contribution in [3.63, 3.8) is 0 Å². The van der Waals surface area contributed by atoms with Crippen LogP contribution in [0, 0.1) is 21.8 Å². The van der Waals surface area contributed by atoms with Gasteiger partial charge in [-0.2, -0.15) is 5.26 Å². The lowest BCUT2D eigenvalue weighted by atomic mass is 10.1. The van der Waals surface area contributed by atoms with Gasteiger partial charge in [0, 0.05) is 10.1 Å². The molecule has 2 nitrogen and oxygen atoms in total. The topological polar surface area (TPSA) is 49.8 Å². The predicted molar refractivity (Wildman–Crippen MR) is 56.5 cm³/mol. The molecule has 0 bridgehead atoms. The van der Waals surface area contributed by atoms with Crippen LogP contribution in [0.4, 0.5) is 0 Å². The highest BCUT2D eigenvalue weighted by atomic mass is 127. The van der Waals surface area contributed by atoms with Crippen LogP contribution in [0.5, 0.6) is 0 Å². The molecule has 62 valence electrons. The summed E-state index contributed by atoms with van der Waals surface area (Å²) in [5, 5.41) is 8.68. The monoisotopic (exact) mass is 272 g/mol. The van der Waals surface area contributed by atoms with Crippen LogP contribution in [-0.4, -0.2) is 0 Å². The fourth-order valence-electron chi connectivity index (χ4n) is 1.01. The van der Waals surface area contributed by atoms with Crippen LogP contribution >= 0.6 is 22.6 Å². The lowest BCUT2D eigenvalue weighted by Crippen LogP contribution is -2.01. The van der Waals surface area contributed by atoms with E-state index < -0.39 is 0 Å². The molecule has 0 saturated carbocycles. The molecule has 0 amide bonds. The summed E-state index contributed by atoms with van der Waals surface area (Å²) in [5.41, 5.74) is 8.45. The van der Waals surface area contributed by atoms with Gasteiger partial charge in [0.1, 0.15) is 0 Å². The Hall–Kier alpha value is -0.600. The van der Waals surface area contributed by atoms with Crippen LogP contribution in [0.1, 0.15) is 16.7 Å². The van der Waals surface area contributed by atoms with E-state index in [-0.39, 0.29) is 0 Å². The molecule has 3 heteroatoms. The smallest absolute Gasteiger partial charge is 0.0992 e. The quantitative estimate of drug-likeness (QED) is 0.794. The number of hydrogen-bond acceptors (Lipinski definition) is 2. The second kappa shape index (κ2) is 3.87. The van der Waals surface area contributed by atoms with E-state index in [9.17, 15) is 0 Å². The fraction of sp³-hybridized carbons (Fsp3) is 0.222. The minimum Gasteiger partial charge on any atom is -0.326 e. The van der Waals surface area contributed by atoms with Crippen LogP contribution in [0.2, 0.25) is 0 Å². The summed E-state index contributed by atoms with van der Waals surface area (Å²) >= 11 is 2.22. The summed E-state index contributed by atoms with van der Waals surface area (Å²) in [7, 11) is 0. The van der Waals surface area contributed by atoms with E-state index in [2.05, 4.69) is 28.7 Å². The summed E-state index contributed by atoms with van der Waals surface area (Å²) in [6, 6.07) is 5.82. The van der Waals surface area contributed by atoms with E-state index in [4.69, 9.17) is 11.0 Å². The molecule has 1 rings (SSSR count). The van der Waals surface area contributed by atoms with Crippen molar-refractivity contribution in [3.8, 4) is 6.07 Å². The zero-order valence-corrected chi connectivity index (χ0v) is 8.92. The fourth-order valence-corrected chi connectivity index (χ4v) is 1.69. The van der Waals surface area contributed by atoms with Gasteiger partial charge in [-0.15, -0.1) is 0 Å². The average molecular weight is 272 g/mol. The van der Waals surface area contributed by atoms with Crippen molar-refractivity contribution in [1.29, 1.82) is 5.26 Å². The Morgan fingerprint density at radius 3 is 2.75 bits per heavy atom. The van der Waals surface area contributed by atoms with Crippen LogP contribution in [0.3, 0.4) is 0 Å². The molecule has 0 aliphatic heterocycles. The highest BCUT2D eigenvalue weighted by Gasteiger charge is 2.02. The molecule has 0 unspecified atom stereocenters. The zero-order chi connectivity index (χ0) is 9.14. The molecule has 0 aromatic heterocycles. The van der Waals surface area contributed by atoms with Gasteiger partial charge in [0.2, 0.25) is 0 Å². The highest BCUT2D eigenvalue weighted by molar-refractivity contribution is 14.1. The number of nitriles is 1. The Balaban J connectivity index is 3.31. The lowest BCUT2D eigenvalue weighted by Gasteiger charge is -2.05. The maximum absolute atomic E-state index is 8.68. The van der Waals surface area contributed by atoms with Crippen LogP contribution in [0.25, 0.3) is 0 Å². The number of benzene rings is 1. The third kappa shape index (κ3) is 1.76. The summed E-state index contributed by atoms with van der Waals surface area (Å²) in [6.07, 6.45) is 0. The van der Waals surface area contributed by atoms with Gasteiger partial charge >= 0.3 is 0 Å². The van der Waals surface area contributed by atoms with Crippen LogP contribution in [-0.2, 0) is 6.54 Å². The highest BCUT2D eigenvalue weighted by Crippen LogP contribution is 2.17. The summed E-state index contributed by atoms with van der Waals surface area (Å²) in [5.74, 6) is 0. The third-order valence-electron chi connectivity index (χ3n) is 1.80. The molecule has 0 atom stereocenters. The molecule has 0 aliphatic carbocycles. The van der Waals surface area contributed by atoms with Gasteiger partial charge in [-0.05, 0) is 52.8 Å².